The number of Topliss-reactive ketones (excluding diaryl/α,β-unsaturated/α-hetero) is 1. The zero-order chi connectivity index (χ0) is 25.8. The minimum atomic E-state index is -1.00. The molecule has 0 radical (unpaired) electrons. The number of nitrogens with zero attached hydrogens (tertiary/aromatic N) is 2. The average Bonchev–Trinajstić information content (AvgIpc) is 3.57. The summed E-state index contributed by atoms with van der Waals surface area (Å²) in [6, 6.07) is 16.8. The molecule has 7 nitrogen and oxygen atoms in total. The van der Waals surface area contributed by atoms with Crippen LogP contribution in [0.3, 0.4) is 0 Å². The van der Waals surface area contributed by atoms with Gasteiger partial charge in [0.2, 0.25) is 5.78 Å². The van der Waals surface area contributed by atoms with Crippen molar-refractivity contribution >= 4 is 65.3 Å². The van der Waals surface area contributed by atoms with Gasteiger partial charge in [-0.25, -0.2) is 9.37 Å². The molecule has 3 heterocycles. The molecule has 0 spiro atoms. The summed E-state index contributed by atoms with van der Waals surface area (Å²) in [7, 11) is 1.53. The van der Waals surface area contributed by atoms with Crippen LogP contribution in [0.4, 0.5) is 9.52 Å². The summed E-state index contributed by atoms with van der Waals surface area (Å²) in [6.45, 7) is 0. The number of amides is 1. The van der Waals surface area contributed by atoms with Crippen molar-refractivity contribution in [2.75, 3.05) is 12.0 Å². The van der Waals surface area contributed by atoms with E-state index in [2.05, 4.69) is 20.9 Å². The highest BCUT2D eigenvalue weighted by Gasteiger charge is 2.46. The first-order chi connectivity index (χ1) is 17.8. The number of rotatable bonds is 5. The van der Waals surface area contributed by atoms with Gasteiger partial charge in [-0.3, -0.25) is 14.5 Å². The number of carbonyl (C=O) groups excluding carboxylic acids is 2. The standard InChI is InChI=1S/C27H16BrFN2O5S/c1-35-17-6-2-13(3-7-17)23-22(24(32)20-11-14-10-15(28)4-9-19(14)36-20)25(33)26(34)31(23)27-30-18-8-5-16(29)12-21(18)37-27/h2-12,23,33H,1H3. The van der Waals surface area contributed by atoms with E-state index in [0.717, 1.165) is 15.8 Å². The molecular formula is C27H16BrFN2O5S. The Morgan fingerprint density at radius 2 is 1.92 bits per heavy atom. The van der Waals surface area contributed by atoms with E-state index in [9.17, 15) is 19.1 Å². The highest BCUT2D eigenvalue weighted by atomic mass is 79.9. The van der Waals surface area contributed by atoms with Gasteiger partial charge in [-0.05, 0) is 60.2 Å². The summed E-state index contributed by atoms with van der Waals surface area (Å²) in [6.07, 6.45) is 0. The molecular weight excluding hydrogens is 563 g/mol. The molecule has 0 saturated carbocycles. The topological polar surface area (TPSA) is 92.9 Å². The molecule has 2 aromatic heterocycles. The van der Waals surface area contributed by atoms with Crippen molar-refractivity contribution in [1.29, 1.82) is 0 Å². The predicted molar refractivity (Wildman–Crippen MR) is 141 cm³/mol. The first kappa shape index (κ1) is 23.4. The first-order valence-electron chi connectivity index (χ1n) is 11.0. The monoisotopic (exact) mass is 578 g/mol. The third-order valence-electron chi connectivity index (χ3n) is 6.13. The number of carbonyl (C=O) groups is 2. The molecule has 1 atom stereocenters. The number of thiazole rings is 1. The van der Waals surface area contributed by atoms with Crippen LogP contribution in [0, 0.1) is 5.82 Å². The van der Waals surface area contributed by atoms with E-state index in [-0.39, 0.29) is 16.5 Å². The van der Waals surface area contributed by atoms with Gasteiger partial charge in [0.05, 0.1) is 28.9 Å². The quantitative estimate of drug-likeness (QED) is 0.232. The third-order valence-corrected chi connectivity index (χ3v) is 7.64. The van der Waals surface area contributed by atoms with Crippen molar-refractivity contribution < 1.29 is 28.2 Å². The van der Waals surface area contributed by atoms with Crippen LogP contribution in [-0.4, -0.2) is 28.9 Å². The molecule has 0 bridgehead atoms. The molecule has 5 aromatic rings. The molecule has 1 amide bonds. The molecule has 3 aromatic carbocycles. The van der Waals surface area contributed by atoms with Gasteiger partial charge in [0.1, 0.15) is 17.1 Å². The fraction of sp³-hybridized carbons (Fsp3) is 0.0741. The van der Waals surface area contributed by atoms with E-state index in [1.807, 2.05) is 0 Å². The van der Waals surface area contributed by atoms with Gasteiger partial charge in [-0.1, -0.05) is 39.4 Å². The number of benzene rings is 3. The van der Waals surface area contributed by atoms with Crippen molar-refractivity contribution in [2.45, 2.75) is 6.04 Å². The number of furan rings is 1. The minimum Gasteiger partial charge on any atom is -0.503 e. The zero-order valence-electron chi connectivity index (χ0n) is 19.1. The normalized spacial score (nSPS) is 15.8. The largest absolute Gasteiger partial charge is 0.503 e. The van der Waals surface area contributed by atoms with E-state index < -0.39 is 29.3 Å². The third kappa shape index (κ3) is 3.89. The van der Waals surface area contributed by atoms with E-state index in [0.29, 0.717) is 32.5 Å². The number of aromatic nitrogens is 1. The molecule has 37 heavy (non-hydrogen) atoms. The molecule has 1 unspecified atom stereocenters. The van der Waals surface area contributed by atoms with Crippen LogP contribution in [0.25, 0.3) is 21.2 Å². The molecule has 10 heteroatoms. The van der Waals surface area contributed by atoms with Crippen LogP contribution in [0.2, 0.25) is 0 Å². The Bertz CT molecular complexity index is 1760. The Balaban J connectivity index is 1.50. The second-order valence-corrected chi connectivity index (χ2v) is 10.3. The molecule has 184 valence electrons. The number of halogens is 2. The number of methoxy groups -OCH3 is 1. The Hall–Kier alpha value is -4.02. The predicted octanol–water partition coefficient (Wildman–Crippen LogP) is 6.74. The van der Waals surface area contributed by atoms with Gasteiger partial charge in [0.25, 0.3) is 5.91 Å². The summed E-state index contributed by atoms with van der Waals surface area (Å²) in [5.41, 5.74) is 1.39. The molecule has 0 saturated heterocycles. The maximum Gasteiger partial charge on any atom is 0.296 e. The lowest BCUT2D eigenvalue weighted by atomic mass is 9.95. The lowest BCUT2D eigenvalue weighted by Crippen LogP contribution is -2.30. The van der Waals surface area contributed by atoms with Crippen molar-refractivity contribution in [2.24, 2.45) is 0 Å². The van der Waals surface area contributed by atoms with Gasteiger partial charge in [0.15, 0.2) is 16.7 Å². The smallest absolute Gasteiger partial charge is 0.296 e. The van der Waals surface area contributed by atoms with Gasteiger partial charge in [0, 0.05) is 9.86 Å². The second-order valence-electron chi connectivity index (χ2n) is 8.34. The lowest BCUT2D eigenvalue weighted by molar-refractivity contribution is -0.117. The number of hydrogen-bond donors (Lipinski definition) is 1. The van der Waals surface area contributed by atoms with Crippen molar-refractivity contribution in [1.82, 2.24) is 4.98 Å². The Labute approximate surface area is 221 Å². The van der Waals surface area contributed by atoms with E-state index >= 15 is 0 Å². The number of hydrogen-bond acceptors (Lipinski definition) is 7. The number of ether oxygens (including phenoxy) is 1. The van der Waals surface area contributed by atoms with Crippen LogP contribution in [0.15, 0.2) is 87.0 Å². The fourth-order valence-electron chi connectivity index (χ4n) is 4.38. The Morgan fingerprint density at radius 1 is 1.14 bits per heavy atom. The number of ketones is 1. The molecule has 1 aliphatic heterocycles. The first-order valence-corrected chi connectivity index (χ1v) is 12.7. The fourth-order valence-corrected chi connectivity index (χ4v) is 5.78. The number of aliphatic hydroxyl groups excluding tert-OH is 1. The van der Waals surface area contributed by atoms with E-state index in [4.69, 9.17) is 9.15 Å². The van der Waals surface area contributed by atoms with Crippen LogP contribution in [-0.2, 0) is 4.79 Å². The number of aliphatic hydroxyl groups is 1. The zero-order valence-corrected chi connectivity index (χ0v) is 21.5. The number of fused-ring (bicyclic) bond motifs is 2. The van der Waals surface area contributed by atoms with Gasteiger partial charge in [-0.15, -0.1) is 0 Å². The van der Waals surface area contributed by atoms with Crippen LogP contribution < -0.4 is 9.64 Å². The molecule has 0 aliphatic carbocycles. The van der Waals surface area contributed by atoms with Crippen molar-refractivity contribution in [3.8, 4) is 5.75 Å². The van der Waals surface area contributed by atoms with Gasteiger partial charge < -0.3 is 14.3 Å². The summed E-state index contributed by atoms with van der Waals surface area (Å²) >= 11 is 4.49. The summed E-state index contributed by atoms with van der Waals surface area (Å²) < 4.78 is 26.2. The highest BCUT2D eigenvalue weighted by molar-refractivity contribution is 9.10. The lowest BCUT2D eigenvalue weighted by Gasteiger charge is -2.24. The van der Waals surface area contributed by atoms with Crippen molar-refractivity contribution in [3.05, 3.63) is 99.7 Å². The minimum absolute atomic E-state index is 0.0193. The molecule has 6 rings (SSSR count). The van der Waals surface area contributed by atoms with Crippen LogP contribution in [0.1, 0.15) is 22.2 Å². The van der Waals surface area contributed by atoms with E-state index in [1.165, 1.54) is 30.2 Å². The average molecular weight is 579 g/mol. The summed E-state index contributed by atoms with van der Waals surface area (Å²) in [4.78, 5) is 32.9. The number of anilines is 1. The molecule has 0 fully saturated rings. The molecule has 1 aliphatic rings. The maximum atomic E-state index is 13.8. The SMILES string of the molecule is COc1ccc(C2C(C(=O)c3cc4cc(Br)ccc4o3)=C(O)C(=O)N2c2nc3ccc(F)cc3s2)cc1. The maximum absolute atomic E-state index is 13.8. The van der Waals surface area contributed by atoms with Gasteiger partial charge >= 0.3 is 0 Å². The van der Waals surface area contributed by atoms with Crippen molar-refractivity contribution in [3.63, 3.8) is 0 Å². The highest BCUT2D eigenvalue weighted by Crippen LogP contribution is 2.44. The summed E-state index contributed by atoms with van der Waals surface area (Å²) in [5, 5.41) is 11.9. The summed E-state index contributed by atoms with van der Waals surface area (Å²) in [5.74, 6) is -1.99. The van der Waals surface area contributed by atoms with Crippen LogP contribution >= 0.6 is 27.3 Å². The van der Waals surface area contributed by atoms with E-state index in [1.54, 1.807) is 48.5 Å². The molecule has 1 N–H and O–H groups in total. The second kappa shape index (κ2) is 8.82. The van der Waals surface area contributed by atoms with Gasteiger partial charge in [-0.2, -0.15) is 0 Å². The van der Waals surface area contributed by atoms with Crippen LogP contribution in [0.5, 0.6) is 5.75 Å². The Morgan fingerprint density at radius 3 is 2.68 bits per heavy atom. The Kier molecular flexibility index (Phi) is 5.58.